The van der Waals surface area contributed by atoms with Gasteiger partial charge in [-0.1, -0.05) is 108 Å². The van der Waals surface area contributed by atoms with Gasteiger partial charge in [-0.2, -0.15) is 0 Å². The SMILES string of the molecule is CCCC/C=C/CCCCCCC(=O)OCC(CO[C@@H]1O[C@H](CO)[C@H](O)C(O)C1O)OC(=O)CC/C=C/C/C=C/CCCCCCCC. The first-order chi connectivity index (χ1) is 23.3. The van der Waals surface area contributed by atoms with Crippen LogP contribution >= 0.6 is 0 Å². The highest BCUT2D eigenvalue weighted by molar-refractivity contribution is 5.70. The lowest BCUT2D eigenvalue weighted by atomic mass is 9.99. The van der Waals surface area contributed by atoms with Gasteiger partial charge in [0.25, 0.3) is 0 Å². The number of allylic oxidation sites excluding steroid dienone is 6. The second kappa shape index (κ2) is 29.8. The van der Waals surface area contributed by atoms with Crippen LogP contribution in [0.4, 0.5) is 0 Å². The number of carbonyl (C=O) groups excluding carboxylic acids is 2. The van der Waals surface area contributed by atoms with Gasteiger partial charge in [0, 0.05) is 12.8 Å². The van der Waals surface area contributed by atoms with E-state index in [0.29, 0.717) is 12.8 Å². The Morgan fingerprint density at radius 2 is 1.23 bits per heavy atom. The van der Waals surface area contributed by atoms with E-state index in [2.05, 4.69) is 38.2 Å². The Morgan fingerprint density at radius 3 is 1.90 bits per heavy atom. The van der Waals surface area contributed by atoms with Crippen LogP contribution in [0.15, 0.2) is 36.5 Å². The smallest absolute Gasteiger partial charge is 0.306 e. The lowest BCUT2D eigenvalue weighted by Crippen LogP contribution is -2.59. The number of aliphatic hydroxyl groups excluding tert-OH is 4. The molecule has 10 heteroatoms. The topological polar surface area (TPSA) is 152 Å². The molecule has 1 rings (SSSR count). The monoisotopic (exact) mass is 682 g/mol. The summed E-state index contributed by atoms with van der Waals surface area (Å²) in [7, 11) is 0. The number of rotatable bonds is 29. The fraction of sp³-hybridized carbons (Fsp3) is 0.789. The Bertz CT molecular complexity index is 887. The number of carbonyl (C=O) groups is 2. The predicted molar refractivity (Wildman–Crippen MR) is 187 cm³/mol. The highest BCUT2D eigenvalue weighted by Gasteiger charge is 2.44. The molecule has 0 amide bonds. The van der Waals surface area contributed by atoms with Crippen LogP contribution in [0.5, 0.6) is 0 Å². The molecule has 0 aliphatic carbocycles. The molecule has 0 bridgehead atoms. The van der Waals surface area contributed by atoms with Gasteiger partial charge < -0.3 is 39.4 Å². The first-order valence-electron chi connectivity index (χ1n) is 18.6. The average molecular weight is 683 g/mol. The maximum absolute atomic E-state index is 12.6. The summed E-state index contributed by atoms with van der Waals surface area (Å²) in [5.74, 6) is -0.906. The van der Waals surface area contributed by atoms with Gasteiger partial charge in [0.1, 0.15) is 31.0 Å². The Balaban J connectivity index is 2.48. The van der Waals surface area contributed by atoms with Crippen molar-refractivity contribution in [3.05, 3.63) is 36.5 Å². The Morgan fingerprint density at radius 1 is 0.646 bits per heavy atom. The summed E-state index contributed by atoms with van der Waals surface area (Å²) in [6.07, 6.45) is 23.2. The standard InChI is InChI=1S/C38H66O10/c1-3-5-7-9-11-13-15-16-17-19-21-23-25-27-34(41)47-31(30-46-38-37(44)36(43)35(42)32(28-39)48-38)29-45-33(40)26-24-22-20-18-14-12-10-8-6-4-2/h10,12,16-17,21,23,31-32,35-39,42-44H,3-9,11,13-15,18-20,22,24-30H2,1-2H3/b12-10+,17-16+,23-21+/t31?,32-,35+,36?,37?,38-/m1/s1. The van der Waals surface area contributed by atoms with Crippen molar-refractivity contribution >= 4 is 11.9 Å². The van der Waals surface area contributed by atoms with Gasteiger partial charge >= 0.3 is 11.9 Å². The molecule has 3 unspecified atom stereocenters. The largest absolute Gasteiger partial charge is 0.462 e. The van der Waals surface area contributed by atoms with E-state index in [1.165, 1.54) is 51.4 Å². The molecular weight excluding hydrogens is 616 g/mol. The third-order valence-electron chi connectivity index (χ3n) is 8.26. The molecule has 0 aromatic carbocycles. The number of unbranched alkanes of at least 4 members (excludes halogenated alkanes) is 12. The minimum atomic E-state index is -1.60. The van der Waals surface area contributed by atoms with Crippen LogP contribution in [0.2, 0.25) is 0 Å². The van der Waals surface area contributed by atoms with E-state index < -0.39 is 55.4 Å². The van der Waals surface area contributed by atoms with E-state index in [9.17, 15) is 30.0 Å². The Kier molecular flexibility index (Phi) is 27.3. The first-order valence-corrected chi connectivity index (χ1v) is 18.6. The molecule has 0 aromatic rings. The van der Waals surface area contributed by atoms with Crippen LogP contribution in [0, 0.1) is 0 Å². The molecule has 1 aliphatic rings. The molecule has 278 valence electrons. The number of esters is 2. The van der Waals surface area contributed by atoms with Crippen molar-refractivity contribution in [2.45, 2.75) is 173 Å². The van der Waals surface area contributed by atoms with E-state index in [1.807, 2.05) is 12.2 Å². The third-order valence-corrected chi connectivity index (χ3v) is 8.26. The van der Waals surface area contributed by atoms with Crippen LogP contribution in [-0.4, -0.2) is 89.0 Å². The number of hydrogen-bond donors (Lipinski definition) is 4. The molecule has 0 radical (unpaired) electrons. The van der Waals surface area contributed by atoms with Crippen molar-refractivity contribution in [2.75, 3.05) is 19.8 Å². The third kappa shape index (κ3) is 21.8. The number of hydrogen-bond acceptors (Lipinski definition) is 10. The molecule has 0 saturated carbocycles. The molecule has 1 fully saturated rings. The molecule has 10 nitrogen and oxygen atoms in total. The van der Waals surface area contributed by atoms with Gasteiger partial charge in [-0.05, 0) is 51.4 Å². The summed E-state index contributed by atoms with van der Waals surface area (Å²) >= 11 is 0. The van der Waals surface area contributed by atoms with E-state index in [-0.39, 0.29) is 26.1 Å². The van der Waals surface area contributed by atoms with E-state index in [1.54, 1.807) is 0 Å². The van der Waals surface area contributed by atoms with Crippen molar-refractivity contribution < 1.29 is 49.0 Å². The van der Waals surface area contributed by atoms with Gasteiger partial charge in [-0.25, -0.2) is 0 Å². The van der Waals surface area contributed by atoms with Gasteiger partial charge in [-0.3, -0.25) is 9.59 Å². The van der Waals surface area contributed by atoms with E-state index >= 15 is 0 Å². The summed E-state index contributed by atoms with van der Waals surface area (Å²) < 4.78 is 21.9. The fourth-order valence-electron chi connectivity index (χ4n) is 5.22. The predicted octanol–water partition coefficient (Wildman–Crippen LogP) is 6.38. The zero-order chi connectivity index (χ0) is 35.2. The highest BCUT2D eigenvalue weighted by atomic mass is 16.7. The molecule has 1 aliphatic heterocycles. The van der Waals surface area contributed by atoms with Crippen LogP contribution in [0.1, 0.15) is 136 Å². The van der Waals surface area contributed by atoms with Gasteiger partial charge in [0.15, 0.2) is 12.4 Å². The zero-order valence-electron chi connectivity index (χ0n) is 29.7. The molecule has 6 atom stereocenters. The lowest BCUT2D eigenvalue weighted by molar-refractivity contribution is -0.305. The van der Waals surface area contributed by atoms with Crippen molar-refractivity contribution in [2.24, 2.45) is 0 Å². The van der Waals surface area contributed by atoms with Crippen LogP contribution in [0.25, 0.3) is 0 Å². The minimum Gasteiger partial charge on any atom is -0.462 e. The summed E-state index contributed by atoms with van der Waals surface area (Å²) in [6.45, 7) is 3.26. The van der Waals surface area contributed by atoms with E-state index in [0.717, 1.165) is 44.9 Å². The first kappa shape index (κ1) is 43.9. The van der Waals surface area contributed by atoms with Crippen molar-refractivity contribution in [1.82, 2.24) is 0 Å². The second-order valence-electron chi connectivity index (χ2n) is 12.7. The average Bonchev–Trinajstić information content (AvgIpc) is 3.08. The van der Waals surface area contributed by atoms with Crippen molar-refractivity contribution in [3.63, 3.8) is 0 Å². The molecule has 48 heavy (non-hydrogen) atoms. The van der Waals surface area contributed by atoms with Gasteiger partial charge in [0.2, 0.25) is 0 Å². The molecule has 0 spiro atoms. The zero-order valence-corrected chi connectivity index (χ0v) is 29.7. The van der Waals surface area contributed by atoms with Crippen LogP contribution in [-0.2, 0) is 28.5 Å². The molecular formula is C38H66O10. The molecule has 1 saturated heterocycles. The lowest BCUT2D eigenvalue weighted by Gasteiger charge is -2.39. The summed E-state index contributed by atoms with van der Waals surface area (Å²) in [5.41, 5.74) is 0. The van der Waals surface area contributed by atoms with Gasteiger partial charge in [-0.15, -0.1) is 0 Å². The maximum atomic E-state index is 12.6. The summed E-state index contributed by atoms with van der Waals surface area (Å²) in [5, 5.41) is 39.8. The van der Waals surface area contributed by atoms with Gasteiger partial charge in [0.05, 0.1) is 13.2 Å². The Labute approximate surface area is 289 Å². The molecule has 4 N–H and O–H groups in total. The minimum absolute atomic E-state index is 0.121. The van der Waals surface area contributed by atoms with E-state index in [4.69, 9.17) is 18.9 Å². The fourth-order valence-corrected chi connectivity index (χ4v) is 5.22. The summed E-state index contributed by atoms with van der Waals surface area (Å²) in [4.78, 5) is 25.0. The summed E-state index contributed by atoms with van der Waals surface area (Å²) in [6, 6.07) is 0. The van der Waals surface area contributed by atoms with Crippen molar-refractivity contribution in [3.8, 4) is 0 Å². The molecule has 1 heterocycles. The highest BCUT2D eigenvalue weighted by Crippen LogP contribution is 2.22. The second-order valence-corrected chi connectivity index (χ2v) is 12.7. The number of ether oxygens (including phenoxy) is 4. The molecule has 0 aromatic heterocycles. The maximum Gasteiger partial charge on any atom is 0.306 e. The number of aliphatic hydroxyl groups is 4. The van der Waals surface area contributed by atoms with Crippen molar-refractivity contribution in [1.29, 1.82) is 0 Å². The van der Waals surface area contributed by atoms with Crippen LogP contribution < -0.4 is 0 Å². The normalized spacial score (nSPS) is 22.2. The van der Waals surface area contributed by atoms with Crippen LogP contribution in [0.3, 0.4) is 0 Å². The quantitative estimate of drug-likeness (QED) is 0.0397. The Hall–Kier alpha value is -2.08.